The topological polar surface area (TPSA) is 51.8 Å². The number of rotatable bonds is 4. The summed E-state index contributed by atoms with van der Waals surface area (Å²) < 4.78 is 6.64. The maximum atomic E-state index is 5.65. The Bertz CT molecular complexity index is 702. The van der Waals surface area contributed by atoms with Crippen LogP contribution in [0.1, 0.15) is 5.89 Å². The smallest absolute Gasteiger partial charge is 0.247 e. The highest BCUT2D eigenvalue weighted by molar-refractivity contribution is 9.10. The Hall–Kier alpha value is -1.66. The fourth-order valence-electron chi connectivity index (χ4n) is 1.62. The number of pyridine rings is 1. The molecule has 0 spiro atoms. The summed E-state index contributed by atoms with van der Waals surface area (Å²) in [6.45, 7) is 0. The monoisotopic (exact) mass is 347 g/mol. The van der Waals surface area contributed by atoms with Crippen LogP contribution in [0.25, 0.3) is 11.5 Å². The van der Waals surface area contributed by atoms with Crippen LogP contribution in [-0.4, -0.2) is 15.2 Å². The molecule has 0 atom stereocenters. The molecule has 0 saturated heterocycles. The Morgan fingerprint density at radius 2 is 2.05 bits per heavy atom. The van der Waals surface area contributed by atoms with Crippen LogP contribution in [0.15, 0.2) is 62.6 Å². The Labute approximate surface area is 128 Å². The van der Waals surface area contributed by atoms with Gasteiger partial charge >= 0.3 is 0 Å². The van der Waals surface area contributed by atoms with Gasteiger partial charge < -0.3 is 4.42 Å². The standard InChI is InChI=1S/C14H10BrN3OS/c15-11-5-3-4-10(8-11)14-18-17-12(19-14)9-20-13-6-1-2-7-16-13/h1-8H,9H2. The highest BCUT2D eigenvalue weighted by Gasteiger charge is 2.09. The largest absolute Gasteiger partial charge is 0.420 e. The molecule has 3 rings (SSSR count). The molecule has 0 N–H and O–H groups in total. The molecule has 0 fully saturated rings. The van der Waals surface area contributed by atoms with Crippen LogP contribution < -0.4 is 0 Å². The van der Waals surface area contributed by atoms with Gasteiger partial charge in [0.25, 0.3) is 0 Å². The number of thioether (sulfide) groups is 1. The predicted octanol–water partition coefficient (Wildman–Crippen LogP) is 4.19. The van der Waals surface area contributed by atoms with Crippen molar-refractivity contribution in [2.24, 2.45) is 0 Å². The van der Waals surface area contributed by atoms with Gasteiger partial charge in [0, 0.05) is 16.2 Å². The van der Waals surface area contributed by atoms with E-state index in [1.807, 2.05) is 42.5 Å². The molecule has 0 aliphatic carbocycles. The van der Waals surface area contributed by atoms with Gasteiger partial charge in [0.15, 0.2) is 0 Å². The first-order valence-electron chi connectivity index (χ1n) is 5.93. The second-order valence-electron chi connectivity index (χ2n) is 3.97. The minimum Gasteiger partial charge on any atom is -0.420 e. The van der Waals surface area contributed by atoms with Crippen molar-refractivity contribution in [2.45, 2.75) is 10.8 Å². The molecule has 100 valence electrons. The maximum absolute atomic E-state index is 5.65. The lowest BCUT2D eigenvalue weighted by atomic mass is 10.2. The van der Waals surface area contributed by atoms with Crippen molar-refractivity contribution in [3.8, 4) is 11.5 Å². The lowest BCUT2D eigenvalue weighted by Gasteiger charge is -1.96. The van der Waals surface area contributed by atoms with Crippen LogP contribution in [0, 0.1) is 0 Å². The molecule has 0 unspecified atom stereocenters. The van der Waals surface area contributed by atoms with Gasteiger partial charge in [0.1, 0.15) is 0 Å². The van der Waals surface area contributed by atoms with Crippen LogP contribution in [0.3, 0.4) is 0 Å². The molecular weight excluding hydrogens is 338 g/mol. The summed E-state index contributed by atoms with van der Waals surface area (Å²) in [5, 5.41) is 9.06. The van der Waals surface area contributed by atoms with Gasteiger partial charge in [-0.05, 0) is 30.3 Å². The van der Waals surface area contributed by atoms with E-state index >= 15 is 0 Å². The van der Waals surface area contributed by atoms with E-state index in [2.05, 4.69) is 31.1 Å². The number of hydrogen-bond donors (Lipinski definition) is 0. The molecule has 0 amide bonds. The van der Waals surface area contributed by atoms with Gasteiger partial charge in [0.05, 0.1) is 10.8 Å². The lowest BCUT2D eigenvalue weighted by Crippen LogP contribution is -1.82. The Kier molecular flexibility index (Phi) is 4.13. The Morgan fingerprint density at radius 3 is 2.85 bits per heavy atom. The SMILES string of the molecule is Brc1cccc(-c2nnc(CSc3ccccn3)o2)c1. The zero-order valence-corrected chi connectivity index (χ0v) is 12.8. The lowest BCUT2D eigenvalue weighted by molar-refractivity contribution is 0.528. The van der Waals surface area contributed by atoms with Crippen molar-refractivity contribution < 1.29 is 4.42 Å². The summed E-state index contributed by atoms with van der Waals surface area (Å²) in [7, 11) is 0. The first-order valence-corrected chi connectivity index (χ1v) is 7.71. The van der Waals surface area contributed by atoms with E-state index in [0.717, 1.165) is 15.1 Å². The van der Waals surface area contributed by atoms with Gasteiger partial charge in [-0.1, -0.05) is 39.8 Å². The van der Waals surface area contributed by atoms with E-state index in [-0.39, 0.29) is 0 Å². The zero-order valence-electron chi connectivity index (χ0n) is 10.4. The van der Waals surface area contributed by atoms with Gasteiger partial charge in [-0.3, -0.25) is 0 Å². The fourth-order valence-corrected chi connectivity index (χ4v) is 2.72. The average molecular weight is 348 g/mol. The van der Waals surface area contributed by atoms with E-state index in [0.29, 0.717) is 17.5 Å². The van der Waals surface area contributed by atoms with E-state index in [1.54, 1.807) is 18.0 Å². The average Bonchev–Trinajstić information content (AvgIpc) is 2.95. The first kappa shape index (κ1) is 13.3. The van der Waals surface area contributed by atoms with E-state index in [4.69, 9.17) is 4.42 Å². The molecule has 2 aromatic heterocycles. The van der Waals surface area contributed by atoms with Crippen LogP contribution in [-0.2, 0) is 5.75 Å². The molecule has 0 saturated carbocycles. The van der Waals surface area contributed by atoms with Crippen molar-refractivity contribution in [1.82, 2.24) is 15.2 Å². The predicted molar refractivity (Wildman–Crippen MR) is 81.2 cm³/mol. The molecule has 6 heteroatoms. The summed E-state index contributed by atoms with van der Waals surface area (Å²) in [6, 6.07) is 13.6. The van der Waals surface area contributed by atoms with Crippen LogP contribution in [0.5, 0.6) is 0 Å². The fraction of sp³-hybridized carbons (Fsp3) is 0.0714. The Morgan fingerprint density at radius 1 is 1.10 bits per heavy atom. The van der Waals surface area contributed by atoms with Crippen molar-refractivity contribution in [2.75, 3.05) is 0 Å². The molecule has 0 aliphatic heterocycles. The minimum absolute atomic E-state index is 0.530. The summed E-state index contributed by atoms with van der Waals surface area (Å²) in [5.74, 6) is 1.73. The number of benzene rings is 1. The second kappa shape index (κ2) is 6.19. The second-order valence-corrected chi connectivity index (χ2v) is 5.88. The number of nitrogens with zero attached hydrogens (tertiary/aromatic N) is 3. The van der Waals surface area contributed by atoms with Gasteiger partial charge in [0.2, 0.25) is 11.8 Å². The van der Waals surface area contributed by atoms with Gasteiger partial charge in [-0.25, -0.2) is 4.98 Å². The van der Waals surface area contributed by atoms with E-state index in [1.165, 1.54) is 0 Å². The molecule has 4 nitrogen and oxygen atoms in total. The highest BCUT2D eigenvalue weighted by atomic mass is 79.9. The van der Waals surface area contributed by atoms with E-state index in [9.17, 15) is 0 Å². The third-order valence-electron chi connectivity index (χ3n) is 2.52. The van der Waals surface area contributed by atoms with Gasteiger partial charge in [-0.15, -0.1) is 10.2 Å². The molecule has 0 aliphatic rings. The molecule has 0 bridgehead atoms. The van der Waals surface area contributed by atoms with E-state index < -0.39 is 0 Å². The number of hydrogen-bond acceptors (Lipinski definition) is 5. The molecule has 20 heavy (non-hydrogen) atoms. The summed E-state index contributed by atoms with van der Waals surface area (Å²) in [6.07, 6.45) is 1.77. The minimum atomic E-state index is 0.530. The van der Waals surface area contributed by atoms with Crippen LogP contribution in [0.4, 0.5) is 0 Å². The molecule has 2 heterocycles. The van der Waals surface area contributed by atoms with Crippen molar-refractivity contribution in [1.29, 1.82) is 0 Å². The van der Waals surface area contributed by atoms with Crippen LogP contribution >= 0.6 is 27.7 Å². The highest BCUT2D eigenvalue weighted by Crippen LogP contribution is 2.24. The summed E-state index contributed by atoms with van der Waals surface area (Å²) in [5.41, 5.74) is 0.904. The van der Waals surface area contributed by atoms with Gasteiger partial charge in [-0.2, -0.15) is 0 Å². The summed E-state index contributed by atoms with van der Waals surface area (Å²) in [4.78, 5) is 4.24. The number of aromatic nitrogens is 3. The molecule has 1 aromatic carbocycles. The quantitative estimate of drug-likeness (QED) is 0.662. The molecular formula is C14H10BrN3OS. The van der Waals surface area contributed by atoms with Crippen LogP contribution in [0.2, 0.25) is 0 Å². The molecule has 0 radical (unpaired) electrons. The third kappa shape index (κ3) is 3.26. The molecule has 3 aromatic rings. The zero-order chi connectivity index (χ0) is 13.8. The number of halogens is 1. The first-order chi connectivity index (χ1) is 9.81. The summed E-state index contributed by atoms with van der Waals surface area (Å²) >= 11 is 4.99. The maximum Gasteiger partial charge on any atom is 0.247 e. The normalized spacial score (nSPS) is 10.7. The van der Waals surface area contributed by atoms with Crippen molar-refractivity contribution in [3.05, 3.63) is 59.0 Å². The Balaban J connectivity index is 1.71. The van der Waals surface area contributed by atoms with Crippen molar-refractivity contribution in [3.63, 3.8) is 0 Å². The van der Waals surface area contributed by atoms with Crippen molar-refractivity contribution >= 4 is 27.7 Å². The third-order valence-corrected chi connectivity index (χ3v) is 3.94.